The van der Waals surface area contributed by atoms with E-state index < -0.39 is 0 Å². The maximum atomic E-state index is 4.05. The summed E-state index contributed by atoms with van der Waals surface area (Å²) in [4.78, 5) is 5.32. The molecule has 0 fully saturated rings. The molecule has 100 valence electrons. The van der Waals surface area contributed by atoms with Gasteiger partial charge in [-0.2, -0.15) is 0 Å². The third-order valence-electron chi connectivity index (χ3n) is 2.91. The van der Waals surface area contributed by atoms with Crippen LogP contribution >= 0.6 is 11.8 Å². The highest BCUT2D eigenvalue weighted by atomic mass is 32.2. The molecule has 1 unspecified atom stereocenters. The number of nitrogens with zero attached hydrogens (tertiary/aromatic N) is 1. The summed E-state index contributed by atoms with van der Waals surface area (Å²) in [6, 6.07) is 15.2. The molecule has 1 atom stereocenters. The molecule has 0 aliphatic rings. The molecular formula is C16H20N2S. The van der Waals surface area contributed by atoms with E-state index in [0.29, 0.717) is 6.04 Å². The number of rotatable bonds is 7. The molecule has 0 radical (unpaired) electrons. The van der Waals surface area contributed by atoms with Gasteiger partial charge in [0.1, 0.15) is 0 Å². The molecule has 1 aromatic carbocycles. The molecule has 0 saturated carbocycles. The molecule has 0 amide bonds. The minimum Gasteiger partial charge on any atom is -0.309 e. The summed E-state index contributed by atoms with van der Waals surface area (Å²) in [7, 11) is 0. The zero-order valence-corrected chi connectivity index (χ0v) is 12.1. The first kappa shape index (κ1) is 14.1. The van der Waals surface area contributed by atoms with Gasteiger partial charge in [-0.25, -0.2) is 0 Å². The van der Waals surface area contributed by atoms with Crippen molar-refractivity contribution in [3.05, 3.63) is 60.4 Å². The monoisotopic (exact) mass is 272 g/mol. The summed E-state index contributed by atoms with van der Waals surface area (Å²) < 4.78 is 0. The molecule has 2 nitrogen and oxygen atoms in total. The quantitative estimate of drug-likeness (QED) is 0.773. The third-order valence-corrected chi connectivity index (χ3v) is 4.01. The lowest BCUT2D eigenvalue weighted by Crippen LogP contribution is -2.24. The molecule has 0 aliphatic heterocycles. The summed E-state index contributed by atoms with van der Waals surface area (Å²) >= 11 is 1.87. The van der Waals surface area contributed by atoms with Crippen molar-refractivity contribution in [1.82, 2.24) is 10.3 Å². The van der Waals surface area contributed by atoms with Crippen LogP contribution in [0.4, 0.5) is 0 Å². The van der Waals surface area contributed by atoms with Crippen LogP contribution in [0.3, 0.4) is 0 Å². The van der Waals surface area contributed by atoms with Crippen LogP contribution in [-0.4, -0.2) is 17.3 Å². The fourth-order valence-electron chi connectivity index (χ4n) is 1.89. The van der Waals surface area contributed by atoms with Gasteiger partial charge >= 0.3 is 0 Å². The van der Waals surface area contributed by atoms with Crippen LogP contribution in [0.2, 0.25) is 0 Å². The van der Waals surface area contributed by atoms with Gasteiger partial charge in [-0.1, -0.05) is 37.3 Å². The van der Waals surface area contributed by atoms with E-state index in [9.17, 15) is 0 Å². The minimum absolute atomic E-state index is 0.402. The highest BCUT2D eigenvalue weighted by molar-refractivity contribution is 7.99. The van der Waals surface area contributed by atoms with Crippen molar-refractivity contribution in [3.63, 3.8) is 0 Å². The van der Waals surface area contributed by atoms with Gasteiger partial charge < -0.3 is 5.32 Å². The lowest BCUT2D eigenvalue weighted by molar-refractivity contribution is 0.577. The van der Waals surface area contributed by atoms with Crippen LogP contribution < -0.4 is 5.32 Å². The predicted molar refractivity (Wildman–Crippen MR) is 82.4 cm³/mol. The SMILES string of the molecule is CCCNC(CSc1ccncc1)c1ccccc1. The van der Waals surface area contributed by atoms with Crippen molar-refractivity contribution >= 4 is 11.8 Å². The molecule has 0 saturated heterocycles. The second-order valence-corrected chi connectivity index (χ2v) is 5.50. The average Bonchev–Trinajstić information content (AvgIpc) is 2.49. The van der Waals surface area contributed by atoms with E-state index in [0.717, 1.165) is 18.7 Å². The van der Waals surface area contributed by atoms with Crippen LogP contribution in [0.5, 0.6) is 0 Å². The van der Waals surface area contributed by atoms with Crippen LogP contribution in [0, 0.1) is 0 Å². The van der Waals surface area contributed by atoms with E-state index in [1.807, 2.05) is 24.2 Å². The number of benzene rings is 1. The van der Waals surface area contributed by atoms with Crippen molar-refractivity contribution in [2.24, 2.45) is 0 Å². The van der Waals surface area contributed by atoms with E-state index in [1.165, 1.54) is 10.5 Å². The fourth-order valence-corrected chi connectivity index (χ4v) is 2.87. The Morgan fingerprint density at radius 2 is 1.84 bits per heavy atom. The second-order valence-electron chi connectivity index (χ2n) is 4.41. The first-order chi connectivity index (χ1) is 9.40. The molecule has 19 heavy (non-hydrogen) atoms. The van der Waals surface area contributed by atoms with Crippen LogP contribution in [-0.2, 0) is 0 Å². The van der Waals surface area contributed by atoms with Gasteiger partial charge in [0, 0.05) is 29.1 Å². The molecule has 0 bridgehead atoms. The van der Waals surface area contributed by atoms with Gasteiger partial charge in [0.15, 0.2) is 0 Å². The highest BCUT2D eigenvalue weighted by Crippen LogP contribution is 2.24. The van der Waals surface area contributed by atoms with Gasteiger partial charge in [-0.3, -0.25) is 4.98 Å². The second kappa shape index (κ2) is 7.97. The van der Waals surface area contributed by atoms with E-state index >= 15 is 0 Å². The number of hydrogen-bond acceptors (Lipinski definition) is 3. The Balaban J connectivity index is 1.98. The molecule has 0 spiro atoms. The fraction of sp³-hybridized carbons (Fsp3) is 0.312. The molecule has 2 rings (SSSR count). The maximum absolute atomic E-state index is 4.05. The van der Waals surface area contributed by atoms with Crippen molar-refractivity contribution in [3.8, 4) is 0 Å². The van der Waals surface area contributed by atoms with Gasteiger partial charge in [-0.15, -0.1) is 11.8 Å². The minimum atomic E-state index is 0.402. The van der Waals surface area contributed by atoms with E-state index in [4.69, 9.17) is 0 Å². The molecule has 0 aliphatic carbocycles. The molecular weight excluding hydrogens is 252 g/mol. The summed E-state index contributed by atoms with van der Waals surface area (Å²) in [6.45, 7) is 3.25. The Kier molecular flexibility index (Phi) is 5.92. The molecule has 3 heteroatoms. The van der Waals surface area contributed by atoms with Crippen molar-refractivity contribution < 1.29 is 0 Å². The summed E-state index contributed by atoms with van der Waals surface area (Å²) in [6.07, 6.45) is 4.85. The molecule has 2 aromatic rings. The Morgan fingerprint density at radius 1 is 1.11 bits per heavy atom. The zero-order chi connectivity index (χ0) is 13.3. The van der Waals surface area contributed by atoms with Crippen molar-refractivity contribution in [1.29, 1.82) is 0 Å². The largest absolute Gasteiger partial charge is 0.309 e. The van der Waals surface area contributed by atoms with Crippen LogP contribution in [0.15, 0.2) is 59.8 Å². The number of hydrogen-bond donors (Lipinski definition) is 1. The molecule has 1 N–H and O–H groups in total. The number of nitrogens with one attached hydrogen (secondary N) is 1. The lowest BCUT2D eigenvalue weighted by Gasteiger charge is -2.18. The van der Waals surface area contributed by atoms with Gasteiger partial charge in [0.05, 0.1) is 0 Å². The van der Waals surface area contributed by atoms with E-state index in [1.54, 1.807) is 0 Å². The lowest BCUT2D eigenvalue weighted by atomic mass is 10.1. The third kappa shape index (κ3) is 4.69. The summed E-state index contributed by atoms with van der Waals surface area (Å²) in [5.74, 6) is 1.04. The van der Waals surface area contributed by atoms with Crippen LogP contribution in [0.1, 0.15) is 24.9 Å². The smallest absolute Gasteiger partial charge is 0.0415 e. The van der Waals surface area contributed by atoms with Gasteiger partial charge in [-0.05, 0) is 30.7 Å². The Hall–Kier alpha value is -1.32. The number of pyridine rings is 1. The first-order valence-corrected chi connectivity index (χ1v) is 7.70. The van der Waals surface area contributed by atoms with Gasteiger partial charge in [0.2, 0.25) is 0 Å². The Morgan fingerprint density at radius 3 is 2.53 bits per heavy atom. The normalized spacial score (nSPS) is 12.3. The predicted octanol–water partition coefficient (Wildman–Crippen LogP) is 3.91. The van der Waals surface area contributed by atoms with E-state index in [2.05, 4.69) is 59.7 Å². The summed E-state index contributed by atoms with van der Waals surface area (Å²) in [5.41, 5.74) is 1.36. The average molecular weight is 272 g/mol. The number of aromatic nitrogens is 1. The van der Waals surface area contributed by atoms with Crippen LogP contribution in [0.25, 0.3) is 0 Å². The Bertz CT molecular complexity index is 459. The first-order valence-electron chi connectivity index (χ1n) is 6.71. The highest BCUT2D eigenvalue weighted by Gasteiger charge is 2.10. The summed E-state index contributed by atoms with van der Waals surface area (Å²) in [5, 5.41) is 3.62. The maximum Gasteiger partial charge on any atom is 0.0415 e. The zero-order valence-electron chi connectivity index (χ0n) is 11.3. The Labute approximate surface area is 119 Å². The molecule has 1 heterocycles. The van der Waals surface area contributed by atoms with Crippen molar-refractivity contribution in [2.45, 2.75) is 24.3 Å². The van der Waals surface area contributed by atoms with Gasteiger partial charge in [0.25, 0.3) is 0 Å². The van der Waals surface area contributed by atoms with E-state index in [-0.39, 0.29) is 0 Å². The molecule has 1 aromatic heterocycles. The standard InChI is InChI=1S/C16H20N2S/c1-2-10-18-16(14-6-4-3-5-7-14)13-19-15-8-11-17-12-9-15/h3-9,11-12,16,18H,2,10,13H2,1H3. The number of thioether (sulfide) groups is 1. The van der Waals surface area contributed by atoms with Crippen molar-refractivity contribution in [2.75, 3.05) is 12.3 Å². The topological polar surface area (TPSA) is 24.9 Å².